The van der Waals surface area contributed by atoms with Gasteiger partial charge in [0.05, 0.1) is 11.4 Å². The summed E-state index contributed by atoms with van der Waals surface area (Å²) in [5, 5.41) is 11.0. The quantitative estimate of drug-likeness (QED) is 0.410. The number of nitrogens with zero attached hydrogens (tertiary/aromatic N) is 1. The maximum absolute atomic E-state index is 12.4. The summed E-state index contributed by atoms with van der Waals surface area (Å²) in [6.07, 6.45) is -3.64. The first kappa shape index (κ1) is 11.1. The van der Waals surface area contributed by atoms with Crippen LogP contribution in [0.4, 0.5) is 13.2 Å². The summed E-state index contributed by atoms with van der Waals surface area (Å²) in [5.41, 5.74) is -1.04. The van der Waals surface area contributed by atoms with Gasteiger partial charge in [0.1, 0.15) is 0 Å². The van der Waals surface area contributed by atoms with Crippen molar-refractivity contribution in [3.63, 3.8) is 0 Å². The summed E-state index contributed by atoms with van der Waals surface area (Å²) < 4.78 is 37.5. The third kappa shape index (κ3) is 1.92. The van der Waals surface area contributed by atoms with Crippen molar-refractivity contribution >= 4 is 11.6 Å². The van der Waals surface area contributed by atoms with Crippen LogP contribution < -0.4 is 4.73 Å². The predicted molar refractivity (Wildman–Crippen MR) is 44.7 cm³/mol. The summed E-state index contributed by atoms with van der Waals surface area (Å²) in [6.45, 7) is 1.31. The van der Waals surface area contributed by atoms with Crippen molar-refractivity contribution in [1.29, 1.82) is 0 Å². The molecule has 14 heavy (non-hydrogen) atoms. The van der Waals surface area contributed by atoms with Gasteiger partial charge in [0, 0.05) is 18.6 Å². The van der Waals surface area contributed by atoms with E-state index in [4.69, 9.17) is 11.6 Å². The number of hydrogen-bond donors (Lipinski definition) is 0. The van der Waals surface area contributed by atoms with Gasteiger partial charge in [-0.15, -0.1) is 11.6 Å². The number of halogens is 4. The van der Waals surface area contributed by atoms with E-state index in [0.717, 1.165) is 12.3 Å². The molecule has 0 saturated heterocycles. The molecular weight excluding hydrogens is 219 g/mol. The Hall–Kier alpha value is -0.970. The van der Waals surface area contributed by atoms with Crippen LogP contribution in [0, 0.1) is 12.1 Å². The molecule has 0 bridgehead atoms. The van der Waals surface area contributed by atoms with Gasteiger partial charge in [0.2, 0.25) is 0 Å². The second-order valence-corrected chi connectivity index (χ2v) is 3.02. The molecule has 1 heterocycles. The van der Waals surface area contributed by atoms with Crippen molar-refractivity contribution in [3.05, 3.63) is 34.3 Å². The second kappa shape index (κ2) is 3.65. The van der Waals surface area contributed by atoms with Crippen LogP contribution in [-0.2, 0) is 12.1 Å². The van der Waals surface area contributed by atoms with Crippen molar-refractivity contribution in [1.82, 2.24) is 0 Å². The van der Waals surface area contributed by atoms with Gasteiger partial charge in [-0.25, -0.2) is 0 Å². The zero-order valence-electron chi connectivity index (χ0n) is 7.23. The highest BCUT2D eigenvalue weighted by Crippen LogP contribution is 2.32. The van der Waals surface area contributed by atoms with E-state index in [-0.39, 0.29) is 17.1 Å². The molecular formula is C8H7ClF3NO. The van der Waals surface area contributed by atoms with Gasteiger partial charge >= 0.3 is 6.18 Å². The Morgan fingerprint density at radius 2 is 2.07 bits per heavy atom. The third-order valence-electron chi connectivity index (χ3n) is 1.91. The zero-order valence-corrected chi connectivity index (χ0v) is 7.99. The molecule has 0 radical (unpaired) electrons. The molecule has 0 N–H and O–H groups in total. The lowest BCUT2D eigenvalue weighted by Crippen LogP contribution is -2.32. The Morgan fingerprint density at radius 3 is 2.50 bits per heavy atom. The molecule has 1 aromatic heterocycles. The fraction of sp³-hybridized carbons (Fsp3) is 0.375. The van der Waals surface area contributed by atoms with Crippen LogP contribution in [0.5, 0.6) is 0 Å². The van der Waals surface area contributed by atoms with E-state index in [9.17, 15) is 18.4 Å². The maximum atomic E-state index is 12.4. The van der Waals surface area contributed by atoms with Crippen molar-refractivity contribution in [2.45, 2.75) is 19.0 Å². The summed E-state index contributed by atoms with van der Waals surface area (Å²) in [7, 11) is 0. The smallest absolute Gasteiger partial charge is 0.417 e. The van der Waals surface area contributed by atoms with Crippen LogP contribution in [-0.4, -0.2) is 0 Å². The fourth-order valence-electron chi connectivity index (χ4n) is 1.12. The molecule has 0 amide bonds. The van der Waals surface area contributed by atoms with E-state index in [1.54, 1.807) is 0 Å². The van der Waals surface area contributed by atoms with E-state index < -0.39 is 11.7 Å². The number of rotatable bonds is 1. The fourth-order valence-corrected chi connectivity index (χ4v) is 1.45. The van der Waals surface area contributed by atoms with E-state index in [1.807, 2.05) is 0 Å². The van der Waals surface area contributed by atoms with E-state index in [1.165, 1.54) is 6.92 Å². The second-order valence-electron chi connectivity index (χ2n) is 2.75. The zero-order chi connectivity index (χ0) is 10.9. The first-order valence-corrected chi connectivity index (χ1v) is 4.26. The minimum atomic E-state index is -4.47. The van der Waals surface area contributed by atoms with Crippen LogP contribution in [0.3, 0.4) is 0 Å². The van der Waals surface area contributed by atoms with Gasteiger partial charge in [-0.1, -0.05) is 0 Å². The Labute approximate surface area is 83.5 Å². The molecule has 1 rings (SSSR count). The molecule has 0 aliphatic heterocycles. The number of hydrogen-bond acceptors (Lipinski definition) is 1. The lowest BCUT2D eigenvalue weighted by molar-refractivity contribution is -0.613. The molecule has 78 valence electrons. The predicted octanol–water partition coefficient (Wildman–Crippen LogP) is 2.39. The molecule has 6 heteroatoms. The Balaban J connectivity index is 3.39. The monoisotopic (exact) mass is 225 g/mol. The molecule has 0 fully saturated rings. The topological polar surface area (TPSA) is 26.9 Å². The van der Waals surface area contributed by atoms with Gasteiger partial charge in [0.25, 0.3) is 0 Å². The minimum Gasteiger partial charge on any atom is -0.619 e. The average molecular weight is 226 g/mol. The van der Waals surface area contributed by atoms with Crippen molar-refractivity contribution in [2.75, 3.05) is 0 Å². The highest BCUT2D eigenvalue weighted by Gasteiger charge is 2.35. The molecule has 2 nitrogen and oxygen atoms in total. The highest BCUT2D eigenvalue weighted by molar-refractivity contribution is 6.17. The molecule has 1 aromatic rings. The lowest BCUT2D eigenvalue weighted by Gasteiger charge is -2.12. The van der Waals surface area contributed by atoms with E-state index >= 15 is 0 Å². The molecule has 0 aromatic carbocycles. The molecule has 0 unspecified atom stereocenters. The summed E-state index contributed by atoms with van der Waals surface area (Å²) >= 11 is 5.36. The van der Waals surface area contributed by atoms with Crippen molar-refractivity contribution in [2.24, 2.45) is 0 Å². The standard InChI is InChI=1S/C8H7ClF3NO/c1-5-6(4-9)7(8(10,11)12)2-3-13(5)14/h2-3H,4H2,1H3. The minimum absolute atomic E-state index is 0.0187. The van der Waals surface area contributed by atoms with Gasteiger partial charge < -0.3 is 5.21 Å². The molecule has 0 atom stereocenters. The normalized spacial score (nSPS) is 11.8. The number of alkyl halides is 4. The Morgan fingerprint density at radius 1 is 1.50 bits per heavy atom. The number of pyridine rings is 1. The highest BCUT2D eigenvalue weighted by atomic mass is 35.5. The molecule has 0 aliphatic carbocycles. The van der Waals surface area contributed by atoms with Gasteiger partial charge in [-0.05, 0) is 0 Å². The lowest BCUT2D eigenvalue weighted by atomic mass is 10.1. The van der Waals surface area contributed by atoms with Crippen molar-refractivity contribution < 1.29 is 17.9 Å². The van der Waals surface area contributed by atoms with E-state index in [2.05, 4.69) is 0 Å². The first-order chi connectivity index (χ1) is 6.38. The van der Waals surface area contributed by atoms with E-state index in [0.29, 0.717) is 4.73 Å². The van der Waals surface area contributed by atoms with Crippen LogP contribution in [0.2, 0.25) is 0 Å². The van der Waals surface area contributed by atoms with Crippen molar-refractivity contribution in [3.8, 4) is 0 Å². The summed E-state index contributed by atoms with van der Waals surface area (Å²) in [5.74, 6) is -0.330. The largest absolute Gasteiger partial charge is 0.619 e. The van der Waals surface area contributed by atoms with Gasteiger partial charge in [-0.3, -0.25) is 0 Å². The van der Waals surface area contributed by atoms with Crippen LogP contribution in [0.1, 0.15) is 16.8 Å². The van der Waals surface area contributed by atoms with Crippen LogP contribution in [0.25, 0.3) is 0 Å². The molecule has 0 saturated carbocycles. The summed E-state index contributed by atoms with van der Waals surface area (Å²) in [4.78, 5) is 0. The van der Waals surface area contributed by atoms with Crippen LogP contribution >= 0.6 is 11.6 Å². The average Bonchev–Trinajstić information content (AvgIpc) is 2.07. The Kier molecular flexibility index (Phi) is 2.89. The van der Waals surface area contributed by atoms with Gasteiger partial charge in [0.15, 0.2) is 11.9 Å². The molecule has 0 aliphatic rings. The maximum Gasteiger partial charge on any atom is 0.417 e. The molecule has 0 spiro atoms. The SMILES string of the molecule is Cc1c(CCl)c(C(F)(F)F)cc[n+]1[O-]. The third-order valence-corrected chi connectivity index (χ3v) is 2.18. The van der Waals surface area contributed by atoms with Crippen LogP contribution in [0.15, 0.2) is 12.3 Å². The summed E-state index contributed by atoms with van der Waals surface area (Å²) in [6, 6.07) is 0.734. The van der Waals surface area contributed by atoms with Gasteiger partial charge in [-0.2, -0.15) is 17.9 Å². The Bertz CT molecular complexity index is 351. The number of aromatic nitrogens is 1. The first-order valence-electron chi connectivity index (χ1n) is 3.72.